The molecule has 4 aliphatic heterocycles. The average molecular weight is 949 g/mol. The zero-order chi connectivity index (χ0) is 49.2. The first-order valence-electron chi connectivity index (χ1n) is 22.3. The molecule has 376 valence electrons. The molecule has 4 rings (SSSR count). The minimum atomic E-state index is -1.59. The fourth-order valence-corrected chi connectivity index (χ4v) is 8.55. The van der Waals surface area contributed by atoms with E-state index in [4.69, 9.17) is 71.4 Å². The molecule has 0 N–H and O–H groups in total. The van der Waals surface area contributed by atoms with Gasteiger partial charge in [-0.25, -0.2) is 9.78 Å². The topological polar surface area (TPSA) is 258 Å². The van der Waals surface area contributed by atoms with E-state index in [9.17, 15) is 33.6 Å². The second-order valence-electron chi connectivity index (χ2n) is 17.3. The molecule has 9 unspecified atom stereocenters. The number of rotatable bonds is 18. The minimum Gasteiger partial charge on any atom is -0.463 e. The van der Waals surface area contributed by atoms with Gasteiger partial charge in [-0.1, -0.05) is 41.5 Å². The highest BCUT2D eigenvalue weighted by Crippen LogP contribution is 2.41. The smallest absolute Gasteiger partial charge is 0.305 e. The van der Waals surface area contributed by atoms with Gasteiger partial charge < -0.3 is 61.6 Å². The van der Waals surface area contributed by atoms with Crippen molar-refractivity contribution in [2.45, 2.75) is 182 Å². The molecule has 0 aromatic heterocycles. The summed E-state index contributed by atoms with van der Waals surface area (Å²) < 4.78 is 77.2. The van der Waals surface area contributed by atoms with Gasteiger partial charge >= 0.3 is 41.8 Å². The second-order valence-corrected chi connectivity index (χ2v) is 17.3. The summed E-state index contributed by atoms with van der Waals surface area (Å²) in [6, 6.07) is 0. The van der Waals surface area contributed by atoms with Crippen LogP contribution in [-0.2, 0) is 105 Å². The van der Waals surface area contributed by atoms with Crippen LogP contribution in [0.4, 0.5) is 0 Å². The Hall–Kier alpha value is -4.03. The summed E-state index contributed by atoms with van der Waals surface area (Å²) in [5.41, 5.74) is 0. The maximum absolute atomic E-state index is 13.0. The maximum atomic E-state index is 13.0. The van der Waals surface area contributed by atoms with Crippen LogP contribution in [0.5, 0.6) is 0 Å². The molecule has 0 aromatic carbocycles. The van der Waals surface area contributed by atoms with Crippen molar-refractivity contribution in [3.63, 3.8) is 0 Å². The van der Waals surface area contributed by atoms with Gasteiger partial charge in [0.15, 0.2) is 37.0 Å². The van der Waals surface area contributed by atoms with E-state index in [1.807, 2.05) is 20.8 Å². The molecule has 19 atom stereocenters. The molecule has 4 fully saturated rings. The molecule has 0 amide bonds. The fourth-order valence-electron chi connectivity index (χ4n) is 8.55. The molecular weight excluding hydrogens is 880 g/mol. The highest BCUT2D eigenvalue weighted by Gasteiger charge is 2.56. The van der Waals surface area contributed by atoms with E-state index in [1.54, 1.807) is 20.8 Å². The summed E-state index contributed by atoms with van der Waals surface area (Å²) >= 11 is 0. The van der Waals surface area contributed by atoms with Gasteiger partial charge in [0.1, 0.15) is 50.3 Å². The molecule has 0 radical (unpaired) electrons. The Morgan fingerprint density at radius 2 is 0.818 bits per heavy atom. The zero-order valence-corrected chi connectivity index (χ0v) is 40.0. The van der Waals surface area contributed by atoms with Crippen LogP contribution in [0.25, 0.3) is 0 Å². The molecule has 0 spiro atoms. The SMILES string of the molecule is CCC1OC(OC(C)=O)C(OO[C@@H]2C(OC(C)=O)[C@@H](O[C@@H]3C(OC(C)=O)[C@@H](O[C@@H]4C(OC(C)=O)COC(COC(C)=O)[C@H]4C)OC(COC(C)=O)[C@H]3C)OC(COC(C)=O)[C@H]2C)[C@@H](C)[C@@H]1C. The summed E-state index contributed by atoms with van der Waals surface area (Å²) in [6.45, 7) is 18.3. The third-order valence-corrected chi connectivity index (χ3v) is 12.3. The lowest BCUT2D eigenvalue weighted by Gasteiger charge is -2.50. The normalized spacial score (nSPS) is 37.9. The van der Waals surface area contributed by atoms with Gasteiger partial charge in [-0.2, -0.15) is 0 Å². The van der Waals surface area contributed by atoms with E-state index >= 15 is 0 Å². The predicted octanol–water partition coefficient (Wildman–Crippen LogP) is 2.65. The molecule has 66 heavy (non-hydrogen) atoms. The fraction of sp³-hybridized carbons (Fsp3) is 0.841. The number of hydrogen-bond acceptors (Lipinski definition) is 22. The highest BCUT2D eigenvalue weighted by atomic mass is 17.2. The van der Waals surface area contributed by atoms with Crippen molar-refractivity contribution in [2.24, 2.45) is 29.6 Å². The van der Waals surface area contributed by atoms with Crippen molar-refractivity contribution in [3.05, 3.63) is 0 Å². The number of carbonyl (C=O) groups is 7. The number of ether oxygens (including phenoxy) is 13. The van der Waals surface area contributed by atoms with Crippen LogP contribution in [0.1, 0.15) is 96.4 Å². The van der Waals surface area contributed by atoms with Gasteiger partial charge in [0.25, 0.3) is 0 Å². The summed E-state index contributed by atoms with van der Waals surface area (Å²) in [6.07, 6.45) is -15.1. The lowest BCUT2D eigenvalue weighted by molar-refractivity contribution is -0.441. The highest BCUT2D eigenvalue weighted by molar-refractivity contribution is 5.68. The van der Waals surface area contributed by atoms with E-state index in [0.29, 0.717) is 6.42 Å². The van der Waals surface area contributed by atoms with E-state index in [1.165, 1.54) is 34.6 Å². The van der Waals surface area contributed by atoms with Gasteiger partial charge in [0.2, 0.25) is 6.29 Å². The molecule has 4 aliphatic rings. The number of esters is 7. The van der Waals surface area contributed by atoms with Crippen LogP contribution < -0.4 is 0 Å². The summed E-state index contributed by atoms with van der Waals surface area (Å²) in [4.78, 5) is 98.7. The van der Waals surface area contributed by atoms with Crippen LogP contribution in [0, 0.1) is 29.6 Å². The predicted molar refractivity (Wildman–Crippen MR) is 220 cm³/mol. The van der Waals surface area contributed by atoms with Crippen molar-refractivity contribution in [2.75, 3.05) is 26.4 Å². The van der Waals surface area contributed by atoms with E-state index in [2.05, 4.69) is 0 Å². The Labute approximate surface area is 384 Å². The van der Waals surface area contributed by atoms with Crippen LogP contribution in [0.15, 0.2) is 0 Å². The first kappa shape index (κ1) is 54.6. The molecule has 0 saturated carbocycles. The molecule has 0 bridgehead atoms. The Morgan fingerprint density at radius 3 is 1.29 bits per heavy atom. The first-order valence-corrected chi connectivity index (χ1v) is 22.3. The standard InChI is InChI=1S/C44H68O22/c1-14-31-19(2)20(3)39(42(60-31)59-30(13)51)66-65-38-23(6)34(17-54-26(9)47)62-44(41(38)58-29(12)50)64-37-22(5)33(16-53-25(8)46)61-43(40(37)57-28(11)49)63-36-21(4)32(15-52-24(7)45)55-18-35(36)56-27(10)48/h19-23,31-44H,14-18H2,1-13H3/t19-,20-,21+,22+,23+,31?,32?,33?,34?,35?,36-,37-,38-,39?,40?,41?,42?,43+,44+/m0/s1. The van der Waals surface area contributed by atoms with Gasteiger partial charge in [-0.3, -0.25) is 33.6 Å². The van der Waals surface area contributed by atoms with Crippen LogP contribution in [0.3, 0.4) is 0 Å². The van der Waals surface area contributed by atoms with Crippen molar-refractivity contribution in [1.29, 1.82) is 0 Å². The van der Waals surface area contributed by atoms with Gasteiger partial charge in [-0.15, -0.1) is 0 Å². The van der Waals surface area contributed by atoms with Crippen molar-refractivity contribution >= 4 is 41.8 Å². The van der Waals surface area contributed by atoms with Crippen LogP contribution >= 0.6 is 0 Å². The monoisotopic (exact) mass is 948 g/mol. The summed E-state index contributed by atoms with van der Waals surface area (Å²) in [7, 11) is 0. The van der Waals surface area contributed by atoms with Gasteiger partial charge in [0.05, 0.1) is 18.8 Å². The summed E-state index contributed by atoms with van der Waals surface area (Å²) in [5.74, 6) is -7.21. The molecule has 4 saturated heterocycles. The average Bonchev–Trinajstić information content (AvgIpc) is 3.21. The molecule has 0 aliphatic carbocycles. The Balaban J connectivity index is 1.78. The zero-order valence-electron chi connectivity index (χ0n) is 40.0. The first-order chi connectivity index (χ1) is 31.0. The third-order valence-electron chi connectivity index (χ3n) is 12.3. The Morgan fingerprint density at radius 1 is 0.409 bits per heavy atom. The van der Waals surface area contributed by atoms with E-state index in [-0.39, 0.29) is 44.4 Å². The Bertz CT molecular complexity index is 1670. The van der Waals surface area contributed by atoms with Crippen LogP contribution in [0.2, 0.25) is 0 Å². The molecular formula is C44H68O22. The maximum Gasteiger partial charge on any atom is 0.305 e. The third kappa shape index (κ3) is 14.7. The molecule has 0 aromatic rings. The van der Waals surface area contributed by atoms with Gasteiger partial charge in [-0.05, 0) is 18.3 Å². The van der Waals surface area contributed by atoms with Gasteiger partial charge in [0, 0.05) is 66.2 Å². The quantitative estimate of drug-likeness (QED) is 0.0828. The lowest BCUT2D eigenvalue weighted by Crippen LogP contribution is -2.64. The van der Waals surface area contributed by atoms with Crippen LogP contribution in [-0.4, -0.2) is 154 Å². The largest absolute Gasteiger partial charge is 0.463 e. The van der Waals surface area contributed by atoms with E-state index in [0.717, 1.165) is 13.8 Å². The van der Waals surface area contributed by atoms with E-state index < -0.39 is 139 Å². The van der Waals surface area contributed by atoms with Crippen molar-refractivity contribution < 1.29 is 105 Å². The van der Waals surface area contributed by atoms with Crippen molar-refractivity contribution in [1.82, 2.24) is 0 Å². The molecule has 22 nitrogen and oxygen atoms in total. The number of carbonyl (C=O) groups excluding carboxylic acids is 7. The summed E-state index contributed by atoms with van der Waals surface area (Å²) in [5, 5.41) is 0. The number of hydrogen-bond donors (Lipinski definition) is 0. The molecule has 4 heterocycles. The second kappa shape index (κ2) is 24.8. The lowest BCUT2D eigenvalue weighted by atomic mass is 9.82. The molecule has 22 heteroatoms. The Kier molecular flexibility index (Phi) is 20.5. The van der Waals surface area contributed by atoms with Crippen molar-refractivity contribution in [3.8, 4) is 0 Å². The minimum absolute atomic E-state index is 0.0731.